The van der Waals surface area contributed by atoms with Crippen LogP contribution >= 0.6 is 11.6 Å². The van der Waals surface area contributed by atoms with Crippen LogP contribution < -0.4 is 10.2 Å². The number of nitrogens with one attached hydrogen (secondary N) is 1. The molecule has 6 heteroatoms. The fourth-order valence-electron chi connectivity index (χ4n) is 3.07. The van der Waals surface area contributed by atoms with Gasteiger partial charge < -0.3 is 15.1 Å². The van der Waals surface area contributed by atoms with E-state index in [-0.39, 0.29) is 18.0 Å². The molecule has 0 bridgehead atoms. The van der Waals surface area contributed by atoms with Crippen LogP contribution in [0.5, 0.6) is 0 Å². The van der Waals surface area contributed by atoms with Gasteiger partial charge in [0.25, 0.3) is 0 Å². The molecule has 1 atom stereocenters. The van der Waals surface area contributed by atoms with Crippen molar-refractivity contribution in [2.75, 3.05) is 18.0 Å². The summed E-state index contributed by atoms with van der Waals surface area (Å²) in [6, 6.07) is 16.7. The van der Waals surface area contributed by atoms with E-state index in [1.807, 2.05) is 49.4 Å². The average Bonchev–Trinajstić information content (AvgIpc) is 3.01. The van der Waals surface area contributed by atoms with Gasteiger partial charge in [0.15, 0.2) is 0 Å². The number of halogens is 1. The van der Waals surface area contributed by atoms with E-state index >= 15 is 0 Å². The first kappa shape index (κ1) is 18.3. The molecule has 0 saturated carbocycles. The summed E-state index contributed by atoms with van der Waals surface area (Å²) in [6.07, 6.45) is 0.303. The standard InChI is InChI=1S/C20H22ClN3O2/c1-2-23(13-15-6-4-3-5-7-15)20(26)22-17-12-19(25)24(14-17)18-10-8-16(21)9-11-18/h3-11,17H,2,12-14H2,1H3,(H,22,26)/t17-/m1/s1. The third-order valence-corrected chi connectivity index (χ3v) is 4.73. The zero-order chi connectivity index (χ0) is 18.5. The Kier molecular flexibility index (Phi) is 5.78. The van der Waals surface area contributed by atoms with E-state index in [1.165, 1.54) is 0 Å². The van der Waals surface area contributed by atoms with Crippen LogP contribution in [0.3, 0.4) is 0 Å². The SMILES string of the molecule is CCN(Cc1ccccc1)C(=O)N[C@@H]1CC(=O)N(c2ccc(Cl)cc2)C1. The minimum atomic E-state index is -0.199. The Labute approximate surface area is 158 Å². The lowest BCUT2D eigenvalue weighted by molar-refractivity contribution is -0.117. The van der Waals surface area contributed by atoms with Crippen LogP contribution in [0.15, 0.2) is 54.6 Å². The Bertz CT molecular complexity index is 764. The molecular formula is C20H22ClN3O2. The van der Waals surface area contributed by atoms with Crippen LogP contribution in [0, 0.1) is 0 Å². The van der Waals surface area contributed by atoms with Crippen LogP contribution in [0.2, 0.25) is 5.02 Å². The lowest BCUT2D eigenvalue weighted by atomic mass is 10.2. The largest absolute Gasteiger partial charge is 0.333 e. The van der Waals surface area contributed by atoms with E-state index in [4.69, 9.17) is 11.6 Å². The number of amides is 3. The van der Waals surface area contributed by atoms with Crippen LogP contribution in [-0.4, -0.2) is 36.0 Å². The highest BCUT2D eigenvalue weighted by atomic mass is 35.5. The Morgan fingerprint density at radius 2 is 1.88 bits per heavy atom. The van der Waals surface area contributed by atoms with Crippen molar-refractivity contribution in [1.82, 2.24) is 10.2 Å². The molecule has 0 aromatic heterocycles. The average molecular weight is 372 g/mol. The number of rotatable bonds is 5. The molecule has 1 saturated heterocycles. The second-order valence-corrected chi connectivity index (χ2v) is 6.77. The van der Waals surface area contributed by atoms with E-state index in [9.17, 15) is 9.59 Å². The van der Waals surface area contributed by atoms with Gasteiger partial charge in [0.1, 0.15) is 0 Å². The highest BCUT2D eigenvalue weighted by Gasteiger charge is 2.32. The minimum absolute atomic E-state index is 0.00345. The van der Waals surface area contributed by atoms with Crippen molar-refractivity contribution >= 4 is 29.2 Å². The van der Waals surface area contributed by atoms with Gasteiger partial charge in [-0.15, -0.1) is 0 Å². The molecule has 26 heavy (non-hydrogen) atoms. The number of hydrogen-bond acceptors (Lipinski definition) is 2. The molecule has 5 nitrogen and oxygen atoms in total. The Hall–Kier alpha value is -2.53. The quantitative estimate of drug-likeness (QED) is 0.871. The molecule has 0 spiro atoms. The maximum absolute atomic E-state index is 12.6. The van der Waals surface area contributed by atoms with E-state index < -0.39 is 0 Å². The molecule has 1 heterocycles. The Morgan fingerprint density at radius 1 is 1.19 bits per heavy atom. The summed E-state index contributed by atoms with van der Waals surface area (Å²) in [6.45, 7) is 3.56. The topological polar surface area (TPSA) is 52.7 Å². The Morgan fingerprint density at radius 3 is 2.54 bits per heavy atom. The van der Waals surface area contributed by atoms with Crippen molar-refractivity contribution < 1.29 is 9.59 Å². The third kappa shape index (κ3) is 4.35. The second-order valence-electron chi connectivity index (χ2n) is 6.33. The monoisotopic (exact) mass is 371 g/mol. The number of anilines is 1. The van der Waals surface area contributed by atoms with Gasteiger partial charge >= 0.3 is 6.03 Å². The molecule has 136 valence electrons. The van der Waals surface area contributed by atoms with E-state index in [0.717, 1.165) is 11.3 Å². The third-order valence-electron chi connectivity index (χ3n) is 4.48. The summed E-state index contributed by atoms with van der Waals surface area (Å²) in [4.78, 5) is 28.3. The molecule has 3 rings (SSSR count). The van der Waals surface area contributed by atoms with Gasteiger partial charge in [0.05, 0.1) is 6.04 Å². The van der Waals surface area contributed by atoms with Crippen molar-refractivity contribution in [2.24, 2.45) is 0 Å². The smallest absolute Gasteiger partial charge is 0.317 e. The summed E-state index contributed by atoms with van der Waals surface area (Å²) < 4.78 is 0. The van der Waals surface area contributed by atoms with Crippen LogP contribution in [0.4, 0.5) is 10.5 Å². The molecule has 0 radical (unpaired) electrons. The summed E-state index contributed by atoms with van der Waals surface area (Å²) in [7, 11) is 0. The van der Waals surface area contributed by atoms with Crippen molar-refractivity contribution in [3.8, 4) is 0 Å². The predicted octanol–water partition coefficient (Wildman–Crippen LogP) is 3.68. The summed E-state index contributed by atoms with van der Waals surface area (Å²) in [5.41, 5.74) is 1.88. The first-order chi connectivity index (χ1) is 12.6. The maximum atomic E-state index is 12.6. The number of carbonyl (C=O) groups is 2. The number of nitrogens with zero attached hydrogens (tertiary/aromatic N) is 2. The number of carbonyl (C=O) groups excluding carboxylic acids is 2. The van der Waals surface area contributed by atoms with Crippen molar-refractivity contribution in [3.05, 3.63) is 65.2 Å². The van der Waals surface area contributed by atoms with Gasteiger partial charge in [-0.25, -0.2) is 4.79 Å². The Balaban J connectivity index is 1.60. The predicted molar refractivity (Wildman–Crippen MR) is 103 cm³/mol. The first-order valence-electron chi connectivity index (χ1n) is 8.72. The lowest BCUT2D eigenvalue weighted by Crippen LogP contribution is -2.45. The summed E-state index contributed by atoms with van der Waals surface area (Å²) >= 11 is 5.90. The normalized spacial score (nSPS) is 16.6. The van der Waals surface area contributed by atoms with E-state index in [2.05, 4.69) is 5.32 Å². The van der Waals surface area contributed by atoms with Crippen LogP contribution in [-0.2, 0) is 11.3 Å². The van der Waals surface area contributed by atoms with Gasteiger partial charge in [-0.2, -0.15) is 0 Å². The molecule has 1 aliphatic heterocycles. The molecule has 1 N–H and O–H groups in total. The maximum Gasteiger partial charge on any atom is 0.317 e. The van der Waals surface area contributed by atoms with E-state index in [0.29, 0.717) is 31.1 Å². The van der Waals surface area contributed by atoms with E-state index in [1.54, 1.807) is 21.9 Å². The number of hydrogen-bond donors (Lipinski definition) is 1. The van der Waals surface area contributed by atoms with Gasteiger partial charge in [-0.3, -0.25) is 4.79 Å². The number of urea groups is 1. The zero-order valence-corrected chi connectivity index (χ0v) is 15.4. The van der Waals surface area contributed by atoms with Gasteiger partial charge in [-0.1, -0.05) is 41.9 Å². The first-order valence-corrected chi connectivity index (χ1v) is 9.10. The zero-order valence-electron chi connectivity index (χ0n) is 14.7. The van der Waals surface area contributed by atoms with Crippen LogP contribution in [0.25, 0.3) is 0 Å². The molecular weight excluding hydrogens is 350 g/mol. The molecule has 1 aliphatic rings. The summed E-state index contributed by atoms with van der Waals surface area (Å²) in [5, 5.41) is 3.62. The molecule has 2 aromatic carbocycles. The molecule has 3 amide bonds. The van der Waals surface area contributed by atoms with Gasteiger partial charge in [0, 0.05) is 36.8 Å². The molecule has 0 aliphatic carbocycles. The van der Waals surface area contributed by atoms with Gasteiger partial charge in [-0.05, 0) is 36.8 Å². The fourth-order valence-corrected chi connectivity index (χ4v) is 3.20. The lowest BCUT2D eigenvalue weighted by Gasteiger charge is -2.24. The van der Waals surface area contributed by atoms with Crippen molar-refractivity contribution in [1.29, 1.82) is 0 Å². The van der Waals surface area contributed by atoms with Gasteiger partial charge in [0.2, 0.25) is 5.91 Å². The minimum Gasteiger partial charge on any atom is -0.333 e. The summed E-state index contributed by atoms with van der Waals surface area (Å²) in [5.74, 6) is 0.00345. The fraction of sp³-hybridized carbons (Fsp3) is 0.300. The highest BCUT2D eigenvalue weighted by Crippen LogP contribution is 2.23. The second kappa shape index (κ2) is 8.23. The highest BCUT2D eigenvalue weighted by molar-refractivity contribution is 6.30. The van der Waals surface area contributed by atoms with Crippen molar-refractivity contribution in [2.45, 2.75) is 25.9 Å². The van der Waals surface area contributed by atoms with Crippen molar-refractivity contribution in [3.63, 3.8) is 0 Å². The van der Waals surface area contributed by atoms with Crippen LogP contribution in [0.1, 0.15) is 18.9 Å². The molecule has 1 fully saturated rings. The molecule has 0 unspecified atom stereocenters. The number of benzene rings is 2. The molecule has 2 aromatic rings.